The highest BCUT2D eigenvalue weighted by atomic mass is 32.2. The lowest BCUT2D eigenvalue weighted by molar-refractivity contribution is -0.434. The lowest BCUT2D eigenvalue weighted by atomic mass is 10.6. The molecule has 10 nitrogen and oxygen atoms in total. The van der Waals surface area contributed by atoms with E-state index in [9.17, 15) is 0 Å². The van der Waals surface area contributed by atoms with Crippen molar-refractivity contribution in [2.45, 2.75) is 13.3 Å². The minimum Gasteiger partial charge on any atom is -0.822 e. The van der Waals surface area contributed by atoms with Gasteiger partial charge in [-0.3, -0.25) is 0 Å². The summed E-state index contributed by atoms with van der Waals surface area (Å²) in [5.74, 6) is 0.858. The van der Waals surface area contributed by atoms with Crippen LogP contribution in [0.4, 0.5) is 0 Å². The van der Waals surface area contributed by atoms with Crippen LogP contribution in [0, 0.1) is 0 Å². The molecule has 1 N–H and O–H groups in total. The SMILES string of the molecule is CCCSOO.O=P([O-])([O-])[O-].O=P([O-])([O-])[O-]. The van der Waals surface area contributed by atoms with Crippen molar-refractivity contribution in [2.75, 3.05) is 5.75 Å². The first kappa shape index (κ1) is 21.7. The normalized spacial score (nSPS) is 10.8. The number of phosphoric acid groups is 2. The third kappa shape index (κ3) is 216. The Kier molecular flexibility index (Phi) is 16.3. The molecule has 16 heavy (non-hydrogen) atoms. The maximum atomic E-state index is 8.55. The molecule has 102 valence electrons. The molecule has 13 heteroatoms. The molecule has 0 aliphatic rings. The van der Waals surface area contributed by atoms with Crippen LogP contribution in [-0.2, 0) is 13.5 Å². The summed E-state index contributed by atoms with van der Waals surface area (Å²) in [7, 11) is -10.8. The van der Waals surface area contributed by atoms with Gasteiger partial charge in [-0.15, -0.1) is 0 Å². The standard InChI is InChI=1S/C3H8O2S.2H3O4P/c1-2-3-6-5-4;2*1-5(2,3)4/h4H,2-3H2,1H3;2*(H3,1,2,3,4)/p-6. The van der Waals surface area contributed by atoms with Gasteiger partial charge in [-0.05, 0) is 6.42 Å². The first-order valence-corrected chi connectivity index (χ1v) is 7.14. The largest absolute Gasteiger partial charge is 0.822 e. The van der Waals surface area contributed by atoms with E-state index >= 15 is 0 Å². The van der Waals surface area contributed by atoms with E-state index in [4.69, 9.17) is 43.7 Å². The topological polar surface area (TPSA) is 202 Å². The molecule has 0 radical (unpaired) electrons. The van der Waals surface area contributed by atoms with Gasteiger partial charge in [0, 0.05) is 17.8 Å². The quantitative estimate of drug-likeness (QED) is 0.174. The number of hydrogen-bond donors (Lipinski definition) is 1. The second-order valence-corrected chi connectivity index (χ2v) is 4.37. The summed E-state index contributed by atoms with van der Waals surface area (Å²) in [6.45, 7) is 2.02. The Morgan fingerprint density at radius 3 is 1.38 bits per heavy atom. The first-order chi connectivity index (χ1) is 6.91. The Bertz CT molecular complexity index is 180. The highest BCUT2D eigenvalue weighted by Crippen LogP contribution is 2.03. The Labute approximate surface area is 95.5 Å². The van der Waals surface area contributed by atoms with E-state index in [-0.39, 0.29) is 0 Å². The summed E-state index contributed by atoms with van der Waals surface area (Å²) in [6, 6.07) is 0. The third-order valence-electron chi connectivity index (χ3n) is 0.340. The van der Waals surface area contributed by atoms with Gasteiger partial charge in [0.05, 0.1) is 0 Å². The van der Waals surface area contributed by atoms with Crippen molar-refractivity contribution in [2.24, 2.45) is 0 Å². The molecule has 0 aromatic carbocycles. The molecule has 0 saturated carbocycles. The average Bonchev–Trinajstić information content (AvgIpc) is 1.94. The summed E-state index contributed by atoms with van der Waals surface area (Å²) in [5.41, 5.74) is 0. The smallest absolute Gasteiger partial charge is 0.0311 e. The summed E-state index contributed by atoms with van der Waals surface area (Å²) in [4.78, 5) is 51.3. The van der Waals surface area contributed by atoms with Crippen LogP contribution in [0.25, 0.3) is 0 Å². The van der Waals surface area contributed by atoms with Crippen LogP contribution >= 0.6 is 27.7 Å². The lowest BCUT2D eigenvalue weighted by Crippen LogP contribution is -2.24. The highest BCUT2D eigenvalue weighted by Gasteiger charge is 1.77. The molecule has 0 heterocycles. The van der Waals surface area contributed by atoms with Gasteiger partial charge in [0.25, 0.3) is 0 Å². The Balaban J connectivity index is -0.000000160. The van der Waals surface area contributed by atoms with Crippen LogP contribution in [0.15, 0.2) is 0 Å². The van der Waals surface area contributed by atoms with E-state index in [0.29, 0.717) is 0 Å². The molecule has 0 spiro atoms. The molecule has 0 amide bonds. The maximum Gasteiger partial charge on any atom is 0.0311 e. The van der Waals surface area contributed by atoms with Crippen molar-refractivity contribution in [1.29, 1.82) is 0 Å². The minimum absolute atomic E-state index is 0.858. The molecule has 0 aromatic heterocycles. The van der Waals surface area contributed by atoms with E-state index in [1.807, 2.05) is 6.92 Å². The van der Waals surface area contributed by atoms with E-state index in [0.717, 1.165) is 24.2 Å². The van der Waals surface area contributed by atoms with E-state index < -0.39 is 15.6 Å². The Morgan fingerprint density at radius 1 is 1.06 bits per heavy atom. The van der Waals surface area contributed by atoms with Gasteiger partial charge in [-0.2, -0.15) is 20.0 Å². The summed E-state index contributed by atoms with van der Waals surface area (Å²) >= 11 is 1.06. The van der Waals surface area contributed by atoms with Gasteiger partial charge < -0.3 is 38.5 Å². The molecule has 0 fully saturated rings. The third-order valence-corrected chi connectivity index (χ3v) is 1.02. The zero-order valence-electron chi connectivity index (χ0n) is 7.84. The summed E-state index contributed by atoms with van der Waals surface area (Å²) in [6.07, 6.45) is 1.03. The molecule has 0 saturated heterocycles. The molecule has 0 aromatic rings. The maximum absolute atomic E-state index is 8.55. The second kappa shape index (κ2) is 12.0. The Hall–Kier alpha value is 0.490. The highest BCUT2D eigenvalue weighted by molar-refractivity contribution is 7.94. The fourth-order valence-electron chi connectivity index (χ4n) is 0.121. The zero-order chi connectivity index (χ0) is 13.8. The van der Waals surface area contributed by atoms with Crippen molar-refractivity contribution in [1.82, 2.24) is 0 Å². The summed E-state index contributed by atoms with van der Waals surface area (Å²) in [5, 5.41) is 7.66. The van der Waals surface area contributed by atoms with Gasteiger partial charge in [-0.1, -0.05) is 6.92 Å². The van der Waals surface area contributed by atoms with Crippen molar-refractivity contribution in [3.63, 3.8) is 0 Å². The van der Waals surface area contributed by atoms with Gasteiger partial charge >= 0.3 is 0 Å². The molecule has 0 aliphatic heterocycles. The monoisotopic (exact) mass is 298 g/mol. The van der Waals surface area contributed by atoms with Crippen LogP contribution in [0.1, 0.15) is 13.3 Å². The molecule has 0 unspecified atom stereocenters. The van der Waals surface area contributed by atoms with Gasteiger partial charge in [-0.25, -0.2) is 5.26 Å². The lowest BCUT2D eigenvalue weighted by Gasteiger charge is -2.36. The van der Waals surface area contributed by atoms with Gasteiger partial charge in [0.1, 0.15) is 0 Å². The molecular formula is C3H8O10P2S-6. The fourth-order valence-corrected chi connectivity index (χ4v) is 0.362. The van der Waals surface area contributed by atoms with Crippen molar-refractivity contribution in [3.8, 4) is 0 Å². The summed E-state index contributed by atoms with van der Waals surface area (Å²) < 4.78 is 20.8. The minimum atomic E-state index is -5.39. The van der Waals surface area contributed by atoms with E-state index in [1.54, 1.807) is 0 Å². The van der Waals surface area contributed by atoms with Crippen LogP contribution in [0.2, 0.25) is 0 Å². The van der Waals surface area contributed by atoms with Crippen LogP contribution in [0.5, 0.6) is 0 Å². The first-order valence-electron chi connectivity index (χ1n) is 3.31. The Morgan fingerprint density at radius 2 is 1.31 bits per heavy atom. The van der Waals surface area contributed by atoms with Crippen LogP contribution in [-0.4, -0.2) is 11.0 Å². The van der Waals surface area contributed by atoms with Gasteiger partial charge in [0.2, 0.25) is 0 Å². The number of hydrogen-bond acceptors (Lipinski definition) is 11. The molecule has 0 rings (SSSR count). The van der Waals surface area contributed by atoms with E-state index in [1.165, 1.54) is 0 Å². The average molecular weight is 298 g/mol. The fraction of sp³-hybridized carbons (Fsp3) is 1.00. The zero-order valence-corrected chi connectivity index (χ0v) is 10.4. The van der Waals surface area contributed by atoms with Gasteiger partial charge in [0.15, 0.2) is 0 Å². The van der Waals surface area contributed by atoms with Crippen molar-refractivity contribution >= 4 is 27.7 Å². The predicted octanol–water partition coefficient (Wildman–Crippen LogP) is -4.11. The molecular weight excluding hydrogens is 290 g/mol. The van der Waals surface area contributed by atoms with Crippen molar-refractivity contribution < 1.29 is 48.1 Å². The molecule has 0 bridgehead atoms. The molecule has 0 aliphatic carbocycles. The van der Waals surface area contributed by atoms with Crippen LogP contribution < -0.4 is 29.4 Å². The van der Waals surface area contributed by atoms with Crippen LogP contribution in [0.3, 0.4) is 0 Å². The molecule has 0 atom stereocenters. The second-order valence-electron chi connectivity index (χ2n) is 1.79. The van der Waals surface area contributed by atoms with Crippen molar-refractivity contribution in [3.05, 3.63) is 0 Å². The number of rotatable bonds is 3. The van der Waals surface area contributed by atoms with E-state index in [2.05, 4.69) is 4.33 Å². The predicted molar refractivity (Wildman–Crippen MR) is 41.7 cm³/mol.